The number of amides is 1. The smallest absolute Gasteiger partial charge is 0.236 e. The Kier molecular flexibility index (Phi) is 4.10. The maximum atomic E-state index is 13.8. The molecule has 4 nitrogen and oxygen atoms in total. The summed E-state index contributed by atoms with van der Waals surface area (Å²) in [5.41, 5.74) is 2.03. The first kappa shape index (κ1) is 15.4. The highest BCUT2D eigenvalue weighted by molar-refractivity contribution is 5.78. The Balaban J connectivity index is 1.63. The Bertz CT molecular complexity index is 736. The molecular weight excluding hydrogens is 305 g/mol. The average Bonchev–Trinajstić information content (AvgIpc) is 3.26. The SMILES string of the molecule is O=C(CN1CCn2cccc2C1c1cccc(F)c1)N1CCCC1. The maximum Gasteiger partial charge on any atom is 0.236 e. The molecule has 3 heterocycles. The fourth-order valence-electron chi connectivity index (χ4n) is 3.90. The zero-order chi connectivity index (χ0) is 16.5. The van der Waals surface area contributed by atoms with E-state index in [0.717, 1.165) is 50.3 Å². The van der Waals surface area contributed by atoms with E-state index in [1.807, 2.05) is 17.0 Å². The lowest BCUT2D eigenvalue weighted by Crippen LogP contribution is -2.45. The predicted molar refractivity (Wildman–Crippen MR) is 90.1 cm³/mol. The molecule has 5 heteroatoms. The van der Waals surface area contributed by atoms with Crippen LogP contribution in [0.3, 0.4) is 0 Å². The second-order valence-corrected chi connectivity index (χ2v) is 6.64. The zero-order valence-electron chi connectivity index (χ0n) is 13.7. The normalized spacial score (nSPS) is 21.0. The van der Waals surface area contributed by atoms with Gasteiger partial charge < -0.3 is 9.47 Å². The van der Waals surface area contributed by atoms with Gasteiger partial charge in [-0.05, 0) is 42.7 Å². The van der Waals surface area contributed by atoms with Gasteiger partial charge in [-0.15, -0.1) is 0 Å². The van der Waals surface area contributed by atoms with Crippen LogP contribution in [0.2, 0.25) is 0 Å². The minimum Gasteiger partial charge on any atom is -0.348 e. The zero-order valence-corrected chi connectivity index (χ0v) is 13.7. The van der Waals surface area contributed by atoms with Crippen molar-refractivity contribution in [3.8, 4) is 0 Å². The highest BCUT2D eigenvalue weighted by Crippen LogP contribution is 2.32. The third-order valence-electron chi connectivity index (χ3n) is 5.10. The number of carbonyl (C=O) groups excluding carboxylic acids is 1. The number of carbonyl (C=O) groups is 1. The summed E-state index contributed by atoms with van der Waals surface area (Å²) in [7, 11) is 0. The number of halogens is 1. The van der Waals surface area contributed by atoms with Crippen molar-refractivity contribution in [1.82, 2.24) is 14.4 Å². The third kappa shape index (κ3) is 2.84. The van der Waals surface area contributed by atoms with Crippen LogP contribution in [0.25, 0.3) is 0 Å². The summed E-state index contributed by atoms with van der Waals surface area (Å²) < 4.78 is 16.0. The molecule has 1 fully saturated rings. The predicted octanol–water partition coefficient (Wildman–Crippen LogP) is 2.65. The quantitative estimate of drug-likeness (QED) is 0.867. The minimum atomic E-state index is -0.234. The highest BCUT2D eigenvalue weighted by Gasteiger charge is 2.31. The lowest BCUT2D eigenvalue weighted by Gasteiger charge is -2.37. The Morgan fingerprint density at radius 2 is 1.92 bits per heavy atom. The van der Waals surface area contributed by atoms with Crippen molar-refractivity contribution in [1.29, 1.82) is 0 Å². The molecule has 1 aromatic carbocycles. The molecule has 0 aliphatic carbocycles. The summed E-state index contributed by atoms with van der Waals surface area (Å²) in [4.78, 5) is 16.8. The van der Waals surface area contributed by atoms with Crippen molar-refractivity contribution in [2.75, 3.05) is 26.2 Å². The van der Waals surface area contributed by atoms with Gasteiger partial charge in [-0.1, -0.05) is 12.1 Å². The maximum absolute atomic E-state index is 13.8. The molecule has 1 saturated heterocycles. The van der Waals surface area contributed by atoms with Crippen molar-refractivity contribution in [2.24, 2.45) is 0 Å². The number of benzene rings is 1. The third-order valence-corrected chi connectivity index (χ3v) is 5.10. The van der Waals surface area contributed by atoms with Crippen molar-refractivity contribution in [2.45, 2.75) is 25.4 Å². The van der Waals surface area contributed by atoms with Crippen LogP contribution < -0.4 is 0 Å². The van der Waals surface area contributed by atoms with E-state index in [2.05, 4.69) is 21.7 Å². The number of aromatic nitrogens is 1. The number of hydrogen-bond donors (Lipinski definition) is 0. The van der Waals surface area contributed by atoms with Gasteiger partial charge in [0.15, 0.2) is 0 Å². The summed E-state index contributed by atoms with van der Waals surface area (Å²) in [5, 5.41) is 0. The molecule has 2 aromatic rings. The summed E-state index contributed by atoms with van der Waals surface area (Å²) in [6, 6.07) is 10.8. The molecule has 4 rings (SSSR count). The van der Waals surface area contributed by atoms with Crippen molar-refractivity contribution < 1.29 is 9.18 Å². The minimum absolute atomic E-state index is 0.0731. The second kappa shape index (κ2) is 6.40. The first-order valence-electron chi connectivity index (χ1n) is 8.65. The number of rotatable bonds is 3. The molecule has 2 aliphatic rings. The van der Waals surface area contributed by atoms with Crippen LogP contribution >= 0.6 is 0 Å². The van der Waals surface area contributed by atoms with E-state index in [1.165, 1.54) is 6.07 Å². The fraction of sp³-hybridized carbons (Fsp3) is 0.421. The summed E-state index contributed by atoms with van der Waals surface area (Å²) >= 11 is 0. The van der Waals surface area contributed by atoms with E-state index in [4.69, 9.17) is 0 Å². The van der Waals surface area contributed by atoms with Gasteiger partial charge in [0.25, 0.3) is 0 Å². The van der Waals surface area contributed by atoms with Crippen LogP contribution in [0.5, 0.6) is 0 Å². The molecule has 0 saturated carbocycles. The largest absolute Gasteiger partial charge is 0.348 e. The molecule has 0 N–H and O–H groups in total. The van der Waals surface area contributed by atoms with Crippen LogP contribution in [0.4, 0.5) is 4.39 Å². The Labute approximate surface area is 141 Å². The van der Waals surface area contributed by atoms with E-state index in [-0.39, 0.29) is 17.8 Å². The summed E-state index contributed by atoms with van der Waals surface area (Å²) in [6.45, 7) is 3.79. The van der Waals surface area contributed by atoms with Crippen LogP contribution in [-0.2, 0) is 11.3 Å². The highest BCUT2D eigenvalue weighted by atomic mass is 19.1. The summed E-state index contributed by atoms with van der Waals surface area (Å²) in [5.74, 6) is -0.0455. The number of hydrogen-bond acceptors (Lipinski definition) is 2. The van der Waals surface area contributed by atoms with E-state index in [0.29, 0.717) is 6.54 Å². The lowest BCUT2D eigenvalue weighted by atomic mass is 9.99. The molecule has 1 atom stereocenters. The van der Waals surface area contributed by atoms with Crippen molar-refractivity contribution >= 4 is 5.91 Å². The lowest BCUT2D eigenvalue weighted by molar-refractivity contribution is -0.132. The molecular formula is C19H22FN3O. The van der Waals surface area contributed by atoms with Gasteiger partial charge in [0.05, 0.1) is 12.6 Å². The number of nitrogens with zero attached hydrogens (tertiary/aromatic N) is 3. The Hall–Kier alpha value is -2.14. The molecule has 2 aliphatic heterocycles. The van der Waals surface area contributed by atoms with Crippen molar-refractivity contribution in [3.05, 3.63) is 59.7 Å². The molecule has 0 radical (unpaired) electrons. The van der Waals surface area contributed by atoms with E-state index < -0.39 is 0 Å². The van der Waals surface area contributed by atoms with Gasteiger partial charge >= 0.3 is 0 Å². The molecule has 1 aromatic heterocycles. The van der Waals surface area contributed by atoms with E-state index in [1.54, 1.807) is 12.1 Å². The number of fused-ring (bicyclic) bond motifs is 1. The topological polar surface area (TPSA) is 28.5 Å². The fourth-order valence-corrected chi connectivity index (χ4v) is 3.90. The first-order valence-corrected chi connectivity index (χ1v) is 8.65. The average molecular weight is 327 g/mol. The van der Waals surface area contributed by atoms with Crippen LogP contribution in [0, 0.1) is 5.82 Å². The molecule has 1 unspecified atom stereocenters. The monoisotopic (exact) mass is 327 g/mol. The molecule has 126 valence electrons. The Morgan fingerprint density at radius 1 is 1.08 bits per heavy atom. The van der Waals surface area contributed by atoms with E-state index in [9.17, 15) is 9.18 Å². The van der Waals surface area contributed by atoms with Gasteiger partial charge in [0.2, 0.25) is 5.91 Å². The van der Waals surface area contributed by atoms with E-state index >= 15 is 0 Å². The van der Waals surface area contributed by atoms with Gasteiger partial charge in [-0.2, -0.15) is 0 Å². The Morgan fingerprint density at radius 3 is 2.71 bits per heavy atom. The molecule has 1 amide bonds. The molecule has 0 spiro atoms. The first-order chi connectivity index (χ1) is 11.7. The van der Waals surface area contributed by atoms with Crippen LogP contribution in [0.15, 0.2) is 42.6 Å². The standard InChI is InChI=1S/C19H22FN3O/c20-16-6-3-5-15(13-16)19-17-7-4-10-21(17)11-12-23(19)14-18(24)22-8-1-2-9-22/h3-7,10,13,19H,1-2,8-9,11-12,14H2. The van der Waals surface area contributed by atoms with Crippen molar-refractivity contribution in [3.63, 3.8) is 0 Å². The summed E-state index contributed by atoms with van der Waals surface area (Å²) in [6.07, 6.45) is 4.26. The van der Waals surface area contributed by atoms with Crippen LogP contribution in [-0.4, -0.2) is 46.5 Å². The van der Waals surface area contributed by atoms with Gasteiger partial charge in [0.1, 0.15) is 5.82 Å². The van der Waals surface area contributed by atoms with Gasteiger partial charge in [-0.3, -0.25) is 9.69 Å². The van der Waals surface area contributed by atoms with Crippen LogP contribution in [0.1, 0.15) is 30.1 Å². The van der Waals surface area contributed by atoms with Gasteiger partial charge in [0, 0.05) is 38.1 Å². The molecule has 24 heavy (non-hydrogen) atoms. The van der Waals surface area contributed by atoms with Gasteiger partial charge in [-0.25, -0.2) is 4.39 Å². The molecule has 0 bridgehead atoms. The second-order valence-electron chi connectivity index (χ2n) is 6.64. The number of likely N-dealkylation sites (tertiary alicyclic amines) is 1.